The van der Waals surface area contributed by atoms with E-state index in [4.69, 9.17) is 11.6 Å². The Hall–Kier alpha value is -1.89. The molecule has 0 saturated carbocycles. The van der Waals surface area contributed by atoms with E-state index in [0.717, 1.165) is 12.8 Å². The van der Waals surface area contributed by atoms with Crippen LogP contribution in [-0.2, 0) is 21.2 Å². The molecule has 1 amide bonds. The fourth-order valence-electron chi connectivity index (χ4n) is 3.47. The number of nitrogens with one attached hydrogen (secondary N) is 1. The maximum Gasteiger partial charge on any atom is 0.243 e. The van der Waals surface area contributed by atoms with E-state index in [9.17, 15) is 13.2 Å². The highest BCUT2D eigenvalue weighted by Crippen LogP contribution is 2.27. The van der Waals surface area contributed by atoms with Gasteiger partial charge in [0.15, 0.2) is 0 Å². The quantitative estimate of drug-likeness (QED) is 0.743. The summed E-state index contributed by atoms with van der Waals surface area (Å²) >= 11 is 5.86. The van der Waals surface area contributed by atoms with E-state index in [0.29, 0.717) is 24.4 Å². The number of amides is 1. The van der Waals surface area contributed by atoms with Crippen molar-refractivity contribution in [2.45, 2.75) is 49.6 Å². The number of rotatable bonds is 7. The highest BCUT2D eigenvalue weighted by Gasteiger charge is 2.39. The summed E-state index contributed by atoms with van der Waals surface area (Å²) in [5.41, 5.74) is 1.22. The minimum Gasteiger partial charge on any atom is -0.352 e. The van der Waals surface area contributed by atoms with E-state index in [1.165, 1.54) is 22.0 Å². The van der Waals surface area contributed by atoms with Crippen molar-refractivity contribution in [3.63, 3.8) is 0 Å². The molecule has 0 bridgehead atoms. The average molecular weight is 421 g/mol. The minimum absolute atomic E-state index is 0.0339. The van der Waals surface area contributed by atoms with E-state index in [-0.39, 0.29) is 16.8 Å². The standard InChI is InChI=1S/C21H25ClN2O3S/c1-16(9-10-17-6-3-2-4-7-17)23-21(25)20-8-5-15-24(20)28(26,27)19-13-11-18(22)12-14-19/h2-4,6-7,11-14,16,20H,5,8-10,15H2,1H3,(H,23,25)/t16-,20+/m0/s1. The van der Waals surface area contributed by atoms with Crippen molar-refractivity contribution in [1.29, 1.82) is 0 Å². The van der Waals surface area contributed by atoms with Crippen LogP contribution in [-0.4, -0.2) is 37.3 Å². The lowest BCUT2D eigenvalue weighted by Gasteiger charge is -2.25. The summed E-state index contributed by atoms with van der Waals surface area (Å²) in [4.78, 5) is 12.9. The third-order valence-corrected chi connectivity index (χ3v) is 7.20. The maximum absolute atomic E-state index is 13.0. The molecule has 1 heterocycles. The van der Waals surface area contributed by atoms with Gasteiger partial charge < -0.3 is 5.32 Å². The zero-order chi connectivity index (χ0) is 20.1. The molecule has 2 aromatic carbocycles. The molecule has 1 aliphatic heterocycles. The Bertz CT molecular complexity index is 901. The SMILES string of the molecule is C[C@@H](CCc1ccccc1)NC(=O)[C@H]1CCCN1S(=O)(=O)c1ccc(Cl)cc1. The summed E-state index contributed by atoms with van der Waals surface area (Å²) in [6.45, 7) is 2.30. The zero-order valence-corrected chi connectivity index (χ0v) is 17.4. The molecule has 1 fully saturated rings. The first-order valence-corrected chi connectivity index (χ1v) is 11.3. The van der Waals surface area contributed by atoms with Crippen LogP contribution in [0.15, 0.2) is 59.5 Å². The fourth-order valence-corrected chi connectivity index (χ4v) is 5.25. The lowest BCUT2D eigenvalue weighted by Crippen LogP contribution is -2.48. The van der Waals surface area contributed by atoms with Crippen LogP contribution in [0, 0.1) is 0 Å². The first kappa shape index (κ1) is 20.8. The van der Waals surface area contributed by atoms with E-state index < -0.39 is 16.1 Å². The van der Waals surface area contributed by atoms with Gasteiger partial charge in [0.05, 0.1) is 4.90 Å². The van der Waals surface area contributed by atoms with Gasteiger partial charge in [0, 0.05) is 17.6 Å². The van der Waals surface area contributed by atoms with Crippen LogP contribution in [0.4, 0.5) is 0 Å². The smallest absolute Gasteiger partial charge is 0.243 e. The Kier molecular flexibility index (Phi) is 6.75. The second kappa shape index (κ2) is 9.07. The molecule has 3 rings (SSSR count). The molecule has 0 aromatic heterocycles. The molecule has 0 unspecified atom stereocenters. The van der Waals surface area contributed by atoms with E-state index >= 15 is 0 Å². The van der Waals surface area contributed by atoms with Crippen molar-refractivity contribution in [2.75, 3.05) is 6.54 Å². The van der Waals surface area contributed by atoms with Gasteiger partial charge in [-0.05, 0) is 62.4 Å². The number of benzene rings is 2. The van der Waals surface area contributed by atoms with Gasteiger partial charge in [0.1, 0.15) is 6.04 Å². The predicted molar refractivity (Wildman–Crippen MR) is 111 cm³/mol. The summed E-state index contributed by atoms with van der Waals surface area (Å²) in [5.74, 6) is -0.226. The molecule has 2 aromatic rings. The average Bonchev–Trinajstić information content (AvgIpc) is 3.18. The fraction of sp³-hybridized carbons (Fsp3) is 0.381. The van der Waals surface area contributed by atoms with E-state index in [1.807, 2.05) is 25.1 Å². The van der Waals surface area contributed by atoms with Crippen molar-refractivity contribution >= 4 is 27.5 Å². The number of hydrogen-bond donors (Lipinski definition) is 1. The molecule has 7 heteroatoms. The molecule has 1 saturated heterocycles. The van der Waals surface area contributed by atoms with Crippen LogP contribution in [0.3, 0.4) is 0 Å². The summed E-state index contributed by atoms with van der Waals surface area (Å²) in [6.07, 6.45) is 2.86. The van der Waals surface area contributed by atoms with Gasteiger partial charge in [-0.1, -0.05) is 41.9 Å². The molecule has 0 spiro atoms. The second-order valence-electron chi connectivity index (χ2n) is 7.16. The van der Waals surface area contributed by atoms with Gasteiger partial charge in [-0.2, -0.15) is 4.31 Å². The van der Waals surface area contributed by atoms with Crippen LogP contribution >= 0.6 is 11.6 Å². The van der Waals surface area contributed by atoms with Gasteiger partial charge >= 0.3 is 0 Å². The zero-order valence-electron chi connectivity index (χ0n) is 15.8. The molecular formula is C21H25ClN2O3S. The first-order chi connectivity index (χ1) is 13.4. The minimum atomic E-state index is -3.73. The Morgan fingerprint density at radius 3 is 2.54 bits per heavy atom. The van der Waals surface area contributed by atoms with Gasteiger partial charge in [0.25, 0.3) is 0 Å². The number of hydrogen-bond acceptors (Lipinski definition) is 3. The Balaban J connectivity index is 1.63. The van der Waals surface area contributed by atoms with E-state index in [1.54, 1.807) is 12.1 Å². The third-order valence-electron chi connectivity index (χ3n) is 5.02. The second-order valence-corrected chi connectivity index (χ2v) is 9.49. The van der Waals surface area contributed by atoms with Crippen molar-refractivity contribution < 1.29 is 13.2 Å². The highest BCUT2D eigenvalue weighted by molar-refractivity contribution is 7.89. The molecule has 5 nitrogen and oxygen atoms in total. The van der Waals surface area contributed by atoms with Crippen LogP contribution in [0.25, 0.3) is 0 Å². The topological polar surface area (TPSA) is 66.5 Å². The molecule has 0 radical (unpaired) electrons. The normalized spacial score (nSPS) is 18.7. The van der Waals surface area contributed by atoms with Crippen LogP contribution in [0.5, 0.6) is 0 Å². The van der Waals surface area contributed by atoms with Crippen LogP contribution in [0.2, 0.25) is 5.02 Å². The van der Waals surface area contributed by atoms with Crippen molar-refractivity contribution in [3.8, 4) is 0 Å². The lowest BCUT2D eigenvalue weighted by molar-refractivity contribution is -0.124. The summed E-state index contributed by atoms with van der Waals surface area (Å²) in [7, 11) is -3.73. The number of sulfonamides is 1. The first-order valence-electron chi connectivity index (χ1n) is 9.49. The van der Waals surface area contributed by atoms with Gasteiger partial charge in [-0.15, -0.1) is 0 Å². The lowest BCUT2D eigenvalue weighted by atomic mass is 10.1. The highest BCUT2D eigenvalue weighted by atomic mass is 35.5. The predicted octanol–water partition coefficient (Wildman–Crippen LogP) is 3.63. The van der Waals surface area contributed by atoms with Gasteiger partial charge in [-0.3, -0.25) is 4.79 Å². The molecule has 150 valence electrons. The van der Waals surface area contributed by atoms with Crippen molar-refractivity contribution in [2.24, 2.45) is 0 Å². The molecular weight excluding hydrogens is 396 g/mol. The summed E-state index contributed by atoms with van der Waals surface area (Å²) < 4.78 is 27.2. The van der Waals surface area contributed by atoms with E-state index in [2.05, 4.69) is 17.4 Å². The summed E-state index contributed by atoms with van der Waals surface area (Å²) in [5, 5.41) is 3.46. The molecule has 1 N–H and O–H groups in total. The molecule has 28 heavy (non-hydrogen) atoms. The largest absolute Gasteiger partial charge is 0.352 e. The third kappa shape index (κ3) is 4.93. The number of aryl methyl sites for hydroxylation is 1. The maximum atomic E-state index is 13.0. The van der Waals surface area contributed by atoms with Gasteiger partial charge in [0.2, 0.25) is 15.9 Å². The van der Waals surface area contributed by atoms with Crippen molar-refractivity contribution in [3.05, 3.63) is 65.2 Å². The van der Waals surface area contributed by atoms with Gasteiger partial charge in [-0.25, -0.2) is 8.42 Å². The number of halogens is 1. The Labute approximate surface area is 171 Å². The Morgan fingerprint density at radius 1 is 1.18 bits per heavy atom. The van der Waals surface area contributed by atoms with Crippen molar-refractivity contribution in [1.82, 2.24) is 9.62 Å². The van der Waals surface area contributed by atoms with Crippen LogP contribution < -0.4 is 5.32 Å². The number of carbonyl (C=O) groups is 1. The summed E-state index contributed by atoms with van der Waals surface area (Å²) in [6, 6.07) is 15.4. The monoisotopic (exact) mass is 420 g/mol. The Morgan fingerprint density at radius 2 is 1.86 bits per heavy atom. The molecule has 1 aliphatic rings. The van der Waals surface area contributed by atoms with Crippen LogP contribution in [0.1, 0.15) is 31.7 Å². The molecule has 0 aliphatic carbocycles. The molecule has 2 atom stereocenters. The number of nitrogens with zero attached hydrogens (tertiary/aromatic N) is 1. The number of carbonyl (C=O) groups excluding carboxylic acids is 1.